The van der Waals surface area contributed by atoms with Gasteiger partial charge in [0.05, 0.1) is 21.3 Å². The highest BCUT2D eigenvalue weighted by atomic mass is 35.5. The molecule has 0 aliphatic carbocycles. The lowest BCUT2D eigenvalue weighted by atomic mass is 10.1. The second-order valence-electron chi connectivity index (χ2n) is 5.54. The zero-order valence-corrected chi connectivity index (χ0v) is 18.0. The molecule has 152 valence electrons. The zero-order valence-electron chi connectivity index (χ0n) is 15.0. The van der Waals surface area contributed by atoms with Crippen LogP contribution in [0.2, 0.25) is 10.0 Å². The summed E-state index contributed by atoms with van der Waals surface area (Å²) in [6, 6.07) is 5.25. The molecule has 1 heterocycles. The molecule has 3 amide bonds. The van der Waals surface area contributed by atoms with Crippen LogP contribution < -0.4 is 21.5 Å². The molecular formula is C18H15Cl4N5O2. The molecule has 0 aliphatic heterocycles. The molecule has 0 saturated heterocycles. The molecule has 0 spiro atoms. The average molecular weight is 475 g/mol. The van der Waals surface area contributed by atoms with Crippen LogP contribution in [0.15, 0.2) is 53.3 Å². The Labute approximate surface area is 187 Å². The zero-order chi connectivity index (χ0) is 21.7. The van der Waals surface area contributed by atoms with Crippen LogP contribution in [0, 0.1) is 6.92 Å². The average Bonchev–Trinajstić information content (AvgIpc) is 2.69. The van der Waals surface area contributed by atoms with E-state index in [1.54, 1.807) is 19.1 Å². The van der Waals surface area contributed by atoms with Crippen LogP contribution in [-0.4, -0.2) is 16.9 Å². The number of hydrazine groups is 1. The number of anilines is 2. The maximum absolute atomic E-state index is 13.1. The van der Waals surface area contributed by atoms with Gasteiger partial charge in [0.2, 0.25) is 0 Å². The van der Waals surface area contributed by atoms with E-state index in [2.05, 4.69) is 16.9 Å². The van der Waals surface area contributed by atoms with Gasteiger partial charge < -0.3 is 5.32 Å². The Morgan fingerprint density at radius 1 is 1.28 bits per heavy atom. The first-order chi connectivity index (χ1) is 13.7. The molecule has 1 aromatic carbocycles. The van der Waals surface area contributed by atoms with Crippen molar-refractivity contribution in [3.63, 3.8) is 0 Å². The van der Waals surface area contributed by atoms with Gasteiger partial charge in [-0.25, -0.2) is 20.5 Å². The summed E-state index contributed by atoms with van der Waals surface area (Å²) in [5, 5.41) is 2.82. The molecule has 11 heteroatoms. The summed E-state index contributed by atoms with van der Waals surface area (Å²) >= 11 is 24.5. The quantitative estimate of drug-likeness (QED) is 0.183. The van der Waals surface area contributed by atoms with Crippen molar-refractivity contribution in [1.29, 1.82) is 0 Å². The number of nitrogens with one attached hydrogen (secondary N) is 2. The van der Waals surface area contributed by atoms with E-state index in [-0.39, 0.29) is 37.3 Å². The Bertz CT molecular complexity index is 1010. The summed E-state index contributed by atoms with van der Waals surface area (Å²) in [5.74, 6) is 4.60. The van der Waals surface area contributed by atoms with Crippen molar-refractivity contribution in [3.8, 4) is 0 Å². The normalized spacial score (nSPS) is 11.4. The monoisotopic (exact) mass is 473 g/mol. The Morgan fingerprint density at radius 3 is 2.55 bits per heavy atom. The third-order valence-electron chi connectivity index (χ3n) is 3.63. The van der Waals surface area contributed by atoms with Crippen molar-refractivity contribution < 1.29 is 9.59 Å². The third-order valence-corrected chi connectivity index (χ3v) is 4.95. The van der Waals surface area contributed by atoms with E-state index in [0.29, 0.717) is 5.56 Å². The van der Waals surface area contributed by atoms with Gasteiger partial charge >= 0.3 is 6.03 Å². The maximum Gasteiger partial charge on any atom is 0.332 e. The number of aryl methyl sites for hydroxylation is 1. The molecule has 0 bridgehead atoms. The fraction of sp³-hybridized carbons (Fsp3) is 0.0556. The number of amides is 3. The van der Waals surface area contributed by atoms with Crippen molar-refractivity contribution in [2.75, 3.05) is 10.2 Å². The summed E-state index contributed by atoms with van der Waals surface area (Å²) in [6.07, 6.45) is 2.68. The van der Waals surface area contributed by atoms with E-state index >= 15 is 0 Å². The minimum absolute atomic E-state index is 0.0173. The predicted octanol–water partition coefficient (Wildman–Crippen LogP) is 5.17. The summed E-state index contributed by atoms with van der Waals surface area (Å²) in [7, 11) is 0. The lowest BCUT2D eigenvalue weighted by molar-refractivity contribution is 0.0954. The summed E-state index contributed by atoms with van der Waals surface area (Å²) < 4.78 is 0. The predicted molar refractivity (Wildman–Crippen MR) is 118 cm³/mol. The van der Waals surface area contributed by atoms with E-state index in [4.69, 9.17) is 52.2 Å². The van der Waals surface area contributed by atoms with Crippen molar-refractivity contribution in [2.24, 2.45) is 5.84 Å². The van der Waals surface area contributed by atoms with Gasteiger partial charge in [-0.15, -0.1) is 0 Å². The van der Waals surface area contributed by atoms with Gasteiger partial charge in [-0.3, -0.25) is 10.2 Å². The molecular weight excluding hydrogens is 460 g/mol. The number of nitrogens with two attached hydrogens (primary N) is 1. The van der Waals surface area contributed by atoms with Crippen molar-refractivity contribution >= 4 is 69.8 Å². The van der Waals surface area contributed by atoms with Gasteiger partial charge in [-0.05, 0) is 42.8 Å². The molecule has 0 saturated carbocycles. The number of nitrogens with zero attached hydrogens (tertiary/aromatic N) is 2. The van der Waals surface area contributed by atoms with Crippen molar-refractivity contribution in [2.45, 2.75) is 6.92 Å². The lowest BCUT2D eigenvalue weighted by Crippen LogP contribution is -2.36. The van der Waals surface area contributed by atoms with Crippen LogP contribution >= 0.6 is 46.4 Å². The Morgan fingerprint density at radius 2 is 1.97 bits per heavy atom. The van der Waals surface area contributed by atoms with Gasteiger partial charge in [0, 0.05) is 11.2 Å². The fourth-order valence-electron chi connectivity index (χ4n) is 2.34. The van der Waals surface area contributed by atoms with Gasteiger partial charge in [0.25, 0.3) is 5.91 Å². The van der Waals surface area contributed by atoms with Gasteiger partial charge in [0.1, 0.15) is 5.16 Å². The number of nitrogen functional groups attached to an aromatic ring is 1. The minimum Gasteiger partial charge on any atom is -0.306 e. The number of rotatable bonds is 5. The highest BCUT2D eigenvalue weighted by molar-refractivity contribution is 6.43. The standard InChI is InChI=1S/C18H15Cl4N5O2/c1-3-12(20)15(22)27(16-13(21)5-4-6-24-16)18(29)25-14-9(2)7-10(19)8-11(14)17(28)26-23/h3-8H,1,23H2,2H3,(H,25,29)(H,26,28)/b15-12+. The first kappa shape index (κ1) is 23.0. The molecule has 29 heavy (non-hydrogen) atoms. The number of pyridine rings is 1. The number of hydrogen-bond acceptors (Lipinski definition) is 4. The Balaban J connectivity index is 2.59. The van der Waals surface area contributed by atoms with Crippen LogP contribution in [0.1, 0.15) is 15.9 Å². The molecule has 0 aliphatic rings. The third kappa shape index (κ3) is 5.20. The van der Waals surface area contributed by atoms with E-state index in [9.17, 15) is 9.59 Å². The topological polar surface area (TPSA) is 100 Å². The summed E-state index contributed by atoms with van der Waals surface area (Å²) in [5.41, 5.74) is 2.72. The van der Waals surface area contributed by atoms with Crippen molar-refractivity contribution in [3.05, 3.63) is 74.5 Å². The summed E-state index contributed by atoms with van der Waals surface area (Å²) in [4.78, 5) is 30.3. The minimum atomic E-state index is -0.785. The van der Waals surface area contributed by atoms with Crippen LogP contribution in [0.25, 0.3) is 0 Å². The number of halogens is 4. The van der Waals surface area contributed by atoms with Gasteiger partial charge in [0.15, 0.2) is 5.82 Å². The van der Waals surface area contributed by atoms with Crippen LogP contribution in [0.5, 0.6) is 0 Å². The maximum atomic E-state index is 13.1. The van der Waals surface area contributed by atoms with E-state index in [1.165, 1.54) is 24.4 Å². The molecule has 4 N–H and O–H groups in total. The molecule has 0 radical (unpaired) electrons. The van der Waals surface area contributed by atoms with Gasteiger partial charge in [-0.2, -0.15) is 0 Å². The smallest absolute Gasteiger partial charge is 0.306 e. The number of carbonyl (C=O) groups is 2. The van der Waals surface area contributed by atoms with E-state index < -0.39 is 11.9 Å². The molecule has 0 fully saturated rings. The number of hydrogen-bond donors (Lipinski definition) is 3. The molecule has 0 unspecified atom stereocenters. The number of benzene rings is 1. The molecule has 2 rings (SSSR count). The van der Waals surface area contributed by atoms with E-state index in [1.807, 2.05) is 5.43 Å². The van der Waals surface area contributed by atoms with Crippen LogP contribution in [0.3, 0.4) is 0 Å². The SMILES string of the molecule is C=C/C(Cl)=C(/Cl)N(C(=O)Nc1c(C)cc(Cl)cc1C(=O)NN)c1ncccc1Cl. The highest BCUT2D eigenvalue weighted by Gasteiger charge is 2.26. The summed E-state index contributed by atoms with van der Waals surface area (Å²) in [6.45, 7) is 5.18. The van der Waals surface area contributed by atoms with Crippen LogP contribution in [-0.2, 0) is 0 Å². The largest absolute Gasteiger partial charge is 0.332 e. The first-order valence-electron chi connectivity index (χ1n) is 7.91. The number of carbonyl (C=O) groups excluding carboxylic acids is 2. The van der Waals surface area contributed by atoms with Crippen molar-refractivity contribution in [1.82, 2.24) is 10.4 Å². The number of aromatic nitrogens is 1. The lowest BCUT2D eigenvalue weighted by Gasteiger charge is -2.24. The highest BCUT2D eigenvalue weighted by Crippen LogP contribution is 2.32. The number of allylic oxidation sites excluding steroid dienone is 2. The fourth-order valence-corrected chi connectivity index (χ4v) is 3.14. The van der Waals surface area contributed by atoms with Crippen LogP contribution in [0.4, 0.5) is 16.3 Å². The Kier molecular flexibility index (Phi) is 7.89. The molecule has 2 aromatic rings. The second-order valence-corrected chi connectivity index (χ2v) is 7.14. The van der Waals surface area contributed by atoms with Gasteiger partial charge in [-0.1, -0.05) is 53.0 Å². The Hall–Kier alpha value is -2.29. The van der Waals surface area contributed by atoms with E-state index in [0.717, 1.165) is 4.90 Å². The molecule has 0 atom stereocenters. The second kappa shape index (κ2) is 9.96. The molecule has 7 nitrogen and oxygen atoms in total. The molecule has 1 aromatic heterocycles. The number of urea groups is 1. The first-order valence-corrected chi connectivity index (χ1v) is 9.42.